The number of nitrogens with one attached hydrogen (secondary N) is 1. The van der Waals surface area contributed by atoms with Crippen LogP contribution in [0.25, 0.3) is 0 Å². The number of hydrogen-bond acceptors (Lipinski definition) is 4. The molecule has 0 radical (unpaired) electrons. The van der Waals surface area contributed by atoms with E-state index in [4.69, 9.17) is 10.4 Å². The molecule has 1 atom stereocenters. The highest BCUT2D eigenvalue weighted by Crippen LogP contribution is 2.29. The molecule has 108 valence electrons. The van der Waals surface area contributed by atoms with Crippen molar-refractivity contribution in [2.75, 3.05) is 5.32 Å². The van der Waals surface area contributed by atoms with Gasteiger partial charge < -0.3 is 10.4 Å². The number of pyridine rings is 1. The molecule has 1 aromatic rings. The Labute approximate surface area is 113 Å². The van der Waals surface area contributed by atoms with Crippen LogP contribution in [0.3, 0.4) is 0 Å². The summed E-state index contributed by atoms with van der Waals surface area (Å²) in [4.78, 5) is 14.0. The molecule has 0 fully saturated rings. The molecule has 1 heterocycles. The number of nitriles is 1. The Bertz CT molecular complexity index is 538. The van der Waals surface area contributed by atoms with Gasteiger partial charge in [0, 0.05) is 6.04 Å². The van der Waals surface area contributed by atoms with Gasteiger partial charge >= 0.3 is 12.1 Å². The molecule has 5 nitrogen and oxygen atoms in total. The van der Waals surface area contributed by atoms with Gasteiger partial charge in [0.2, 0.25) is 0 Å². The molecule has 8 heteroatoms. The summed E-state index contributed by atoms with van der Waals surface area (Å²) >= 11 is 0. The second kappa shape index (κ2) is 6.23. The van der Waals surface area contributed by atoms with E-state index in [2.05, 4.69) is 10.3 Å². The van der Waals surface area contributed by atoms with Crippen LogP contribution in [0.15, 0.2) is 12.1 Å². The zero-order valence-corrected chi connectivity index (χ0v) is 10.5. The molecular formula is C12H12F3N3O2. The first-order chi connectivity index (χ1) is 9.27. The lowest BCUT2D eigenvalue weighted by Crippen LogP contribution is -2.24. The van der Waals surface area contributed by atoms with E-state index in [1.807, 2.05) is 0 Å². The average molecular weight is 287 g/mol. The molecule has 0 aliphatic heterocycles. The zero-order valence-electron chi connectivity index (χ0n) is 10.5. The maximum atomic E-state index is 12.6. The average Bonchev–Trinajstić information content (AvgIpc) is 2.36. The van der Waals surface area contributed by atoms with Crippen LogP contribution in [0.2, 0.25) is 0 Å². The van der Waals surface area contributed by atoms with Gasteiger partial charge in [0.1, 0.15) is 17.6 Å². The Morgan fingerprint density at radius 2 is 2.20 bits per heavy atom. The maximum Gasteiger partial charge on any atom is 0.433 e. The van der Waals surface area contributed by atoms with Crippen molar-refractivity contribution in [2.45, 2.75) is 32.0 Å². The lowest BCUT2D eigenvalue weighted by molar-refractivity contribution is -0.141. The summed E-state index contributed by atoms with van der Waals surface area (Å²) in [6.45, 7) is 1.68. The van der Waals surface area contributed by atoms with Gasteiger partial charge in [0.15, 0.2) is 0 Å². The van der Waals surface area contributed by atoms with Gasteiger partial charge in [-0.2, -0.15) is 18.4 Å². The summed E-state index contributed by atoms with van der Waals surface area (Å²) in [5, 5.41) is 20.1. The SMILES string of the molecule is CCC(CC(=O)O)Nc1nc(C(F)(F)F)ccc1C#N. The van der Waals surface area contributed by atoms with Crippen LogP contribution in [0, 0.1) is 11.3 Å². The van der Waals surface area contributed by atoms with Gasteiger partial charge in [-0.15, -0.1) is 0 Å². The maximum absolute atomic E-state index is 12.6. The highest BCUT2D eigenvalue weighted by atomic mass is 19.4. The fourth-order valence-electron chi connectivity index (χ4n) is 1.52. The van der Waals surface area contributed by atoms with E-state index in [9.17, 15) is 18.0 Å². The number of hydrogen-bond donors (Lipinski definition) is 2. The summed E-state index contributed by atoms with van der Waals surface area (Å²) in [5.74, 6) is -1.34. The second-order valence-electron chi connectivity index (χ2n) is 4.05. The number of anilines is 1. The molecule has 0 aromatic carbocycles. The molecule has 0 saturated heterocycles. The van der Waals surface area contributed by atoms with Gasteiger partial charge in [-0.05, 0) is 18.6 Å². The van der Waals surface area contributed by atoms with Crippen LogP contribution >= 0.6 is 0 Å². The van der Waals surface area contributed by atoms with Gasteiger partial charge in [-0.1, -0.05) is 6.92 Å². The number of carbonyl (C=O) groups is 1. The monoisotopic (exact) mass is 287 g/mol. The predicted molar refractivity (Wildman–Crippen MR) is 63.9 cm³/mol. The molecule has 1 unspecified atom stereocenters. The minimum absolute atomic E-state index is 0.0677. The normalized spacial score (nSPS) is 12.6. The Kier molecular flexibility index (Phi) is 4.91. The van der Waals surface area contributed by atoms with Gasteiger partial charge in [0.05, 0.1) is 12.0 Å². The number of carboxylic acid groups (broad SMARTS) is 1. The van der Waals surface area contributed by atoms with E-state index in [0.717, 1.165) is 6.07 Å². The molecule has 2 N–H and O–H groups in total. The Morgan fingerprint density at radius 3 is 2.65 bits per heavy atom. The quantitative estimate of drug-likeness (QED) is 0.869. The Morgan fingerprint density at radius 1 is 1.55 bits per heavy atom. The number of aromatic nitrogens is 1. The first-order valence-electron chi connectivity index (χ1n) is 5.74. The van der Waals surface area contributed by atoms with E-state index in [1.54, 1.807) is 13.0 Å². The lowest BCUT2D eigenvalue weighted by Gasteiger charge is -2.17. The van der Waals surface area contributed by atoms with E-state index in [-0.39, 0.29) is 17.8 Å². The summed E-state index contributed by atoms with van der Waals surface area (Å²) in [5.41, 5.74) is -1.20. The summed E-state index contributed by atoms with van der Waals surface area (Å²) in [6, 6.07) is 2.83. The smallest absolute Gasteiger partial charge is 0.433 e. The molecule has 0 aliphatic rings. The van der Waals surface area contributed by atoms with Crippen LogP contribution in [0.4, 0.5) is 19.0 Å². The van der Waals surface area contributed by atoms with Gasteiger partial charge in [0.25, 0.3) is 0 Å². The van der Waals surface area contributed by atoms with Crippen molar-refractivity contribution < 1.29 is 23.1 Å². The molecule has 0 amide bonds. The predicted octanol–water partition coefficient (Wildman–Crippen LogP) is 2.64. The third-order valence-electron chi connectivity index (χ3n) is 2.56. The highest BCUT2D eigenvalue weighted by Gasteiger charge is 2.33. The van der Waals surface area contributed by atoms with E-state index in [1.165, 1.54) is 0 Å². The number of nitrogens with zero attached hydrogens (tertiary/aromatic N) is 2. The third kappa shape index (κ3) is 4.12. The van der Waals surface area contributed by atoms with Crippen molar-refractivity contribution in [1.29, 1.82) is 5.26 Å². The van der Waals surface area contributed by atoms with Crippen molar-refractivity contribution in [3.05, 3.63) is 23.4 Å². The molecule has 0 aliphatic carbocycles. The molecule has 0 saturated carbocycles. The highest BCUT2D eigenvalue weighted by molar-refractivity contribution is 5.68. The number of alkyl halides is 3. The first-order valence-corrected chi connectivity index (χ1v) is 5.74. The zero-order chi connectivity index (χ0) is 15.3. The van der Waals surface area contributed by atoms with Gasteiger partial charge in [-0.3, -0.25) is 4.79 Å². The second-order valence-corrected chi connectivity index (χ2v) is 4.05. The van der Waals surface area contributed by atoms with E-state index in [0.29, 0.717) is 12.5 Å². The van der Waals surface area contributed by atoms with Crippen LogP contribution in [-0.2, 0) is 11.0 Å². The van der Waals surface area contributed by atoms with Crippen molar-refractivity contribution in [2.24, 2.45) is 0 Å². The van der Waals surface area contributed by atoms with Crippen LogP contribution in [0.5, 0.6) is 0 Å². The summed E-state index contributed by atoms with van der Waals surface area (Å²) in [7, 11) is 0. The minimum Gasteiger partial charge on any atom is -0.481 e. The van der Waals surface area contributed by atoms with Crippen LogP contribution < -0.4 is 5.32 Å². The van der Waals surface area contributed by atoms with Crippen molar-refractivity contribution in [3.8, 4) is 6.07 Å². The fraction of sp³-hybridized carbons (Fsp3) is 0.417. The topological polar surface area (TPSA) is 86.0 Å². The molecule has 1 rings (SSSR count). The van der Waals surface area contributed by atoms with Crippen LogP contribution in [0.1, 0.15) is 31.0 Å². The van der Waals surface area contributed by atoms with Crippen molar-refractivity contribution in [1.82, 2.24) is 4.98 Å². The Balaban J connectivity index is 3.08. The molecule has 0 bridgehead atoms. The number of halogens is 3. The first kappa shape index (κ1) is 15.8. The molecular weight excluding hydrogens is 275 g/mol. The van der Waals surface area contributed by atoms with Crippen molar-refractivity contribution in [3.63, 3.8) is 0 Å². The number of aliphatic carboxylic acids is 1. The number of carboxylic acids is 1. The fourth-order valence-corrected chi connectivity index (χ4v) is 1.52. The van der Waals surface area contributed by atoms with Gasteiger partial charge in [-0.25, -0.2) is 4.98 Å². The van der Waals surface area contributed by atoms with E-state index < -0.39 is 23.9 Å². The Hall–Kier alpha value is -2.30. The standard InChI is InChI=1S/C12H12F3N3O2/c1-2-8(5-10(19)20)17-11-7(6-16)3-4-9(18-11)12(13,14)15/h3-4,8H,2,5H2,1H3,(H,17,18)(H,19,20). The molecule has 1 aromatic heterocycles. The molecule has 0 spiro atoms. The van der Waals surface area contributed by atoms with E-state index >= 15 is 0 Å². The van der Waals surface area contributed by atoms with Crippen molar-refractivity contribution >= 4 is 11.8 Å². The summed E-state index contributed by atoms with van der Waals surface area (Å²) in [6.07, 6.45) is -4.53. The third-order valence-corrected chi connectivity index (χ3v) is 2.56. The summed E-state index contributed by atoms with van der Waals surface area (Å²) < 4.78 is 37.7. The largest absolute Gasteiger partial charge is 0.481 e. The molecule has 20 heavy (non-hydrogen) atoms. The lowest BCUT2D eigenvalue weighted by atomic mass is 10.1. The number of rotatable bonds is 5. The van der Waals surface area contributed by atoms with Crippen LogP contribution in [-0.4, -0.2) is 22.1 Å². The minimum atomic E-state index is -4.63.